The van der Waals surface area contributed by atoms with E-state index in [0.29, 0.717) is 6.61 Å². The normalized spacial score (nSPS) is 29.9. The predicted molar refractivity (Wildman–Crippen MR) is 43.6 cm³/mol. The van der Waals surface area contributed by atoms with Gasteiger partial charge < -0.3 is 4.74 Å². The van der Waals surface area contributed by atoms with Gasteiger partial charge in [-0.3, -0.25) is 4.79 Å². The van der Waals surface area contributed by atoms with Gasteiger partial charge in [-0.15, -0.1) is 0 Å². The lowest BCUT2D eigenvalue weighted by molar-refractivity contribution is -0.125. The molecule has 1 atom stereocenters. The molecule has 1 aliphatic rings. The van der Waals surface area contributed by atoms with E-state index < -0.39 is 0 Å². The van der Waals surface area contributed by atoms with Crippen LogP contribution in [0.25, 0.3) is 0 Å². The minimum absolute atomic E-state index is 0.000386. The molecule has 0 amide bonds. The Morgan fingerprint density at radius 3 is 2.64 bits per heavy atom. The van der Waals surface area contributed by atoms with Gasteiger partial charge >= 0.3 is 0 Å². The highest BCUT2D eigenvalue weighted by Gasteiger charge is 2.31. The highest BCUT2D eigenvalue weighted by Crippen LogP contribution is 2.29. The molecule has 2 nitrogen and oxygen atoms in total. The van der Waals surface area contributed by atoms with Gasteiger partial charge in [-0.1, -0.05) is 0 Å². The summed E-state index contributed by atoms with van der Waals surface area (Å²) < 4.78 is 5.43. The van der Waals surface area contributed by atoms with E-state index in [4.69, 9.17) is 16.3 Å². The fourth-order valence-corrected chi connectivity index (χ4v) is 1.61. The Bertz CT molecular complexity index is 165. The number of hydrogen-bond acceptors (Lipinski definition) is 2. The summed E-state index contributed by atoms with van der Waals surface area (Å²) >= 11 is 5.39. The van der Waals surface area contributed by atoms with Crippen LogP contribution >= 0.6 is 11.6 Å². The molecule has 1 saturated heterocycles. The fourth-order valence-electron chi connectivity index (χ4n) is 1.43. The molecule has 1 aliphatic heterocycles. The highest BCUT2D eigenvalue weighted by atomic mass is 35.5. The van der Waals surface area contributed by atoms with Gasteiger partial charge in [0.25, 0.3) is 0 Å². The highest BCUT2D eigenvalue weighted by molar-refractivity contribution is 6.64. The Labute approximate surface area is 71.9 Å². The van der Waals surface area contributed by atoms with Crippen molar-refractivity contribution in [2.45, 2.75) is 32.3 Å². The van der Waals surface area contributed by atoms with E-state index in [-0.39, 0.29) is 16.8 Å². The average Bonchev–Trinajstić information content (AvgIpc) is 1.85. The van der Waals surface area contributed by atoms with Crippen LogP contribution in [0.5, 0.6) is 0 Å². The standard InChI is InChI=1S/C8H13ClO2/c1-8(2)5-6(7(9)10)3-4-11-8/h6H,3-5H2,1-2H3. The van der Waals surface area contributed by atoms with Crippen LogP contribution in [-0.2, 0) is 9.53 Å². The largest absolute Gasteiger partial charge is 0.376 e. The van der Waals surface area contributed by atoms with E-state index >= 15 is 0 Å². The lowest BCUT2D eigenvalue weighted by atomic mass is 9.89. The van der Waals surface area contributed by atoms with Gasteiger partial charge in [0.1, 0.15) is 0 Å². The topological polar surface area (TPSA) is 26.3 Å². The zero-order valence-corrected chi connectivity index (χ0v) is 7.65. The second kappa shape index (κ2) is 3.11. The molecule has 0 spiro atoms. The summed E-state index contributed by atoms with van der Waals surface area (Å²) in [4.78, 5) is 10.8. The van der Waals surface area contributed by atoms with E-state index in [2.05, 4.69) is 0 Å². The van der Waals surface area contributed by atoms with Crippen molar-refractivity contribution >= 4 is 16.8 Å². The van der Waals surface area contributed by atoms with Gasteiger partial charge in [0.2, 0.25) is 5.24 Å². The van der Waals surface area contributed by atoms with Crippen LogP contribution in [0.15, 0.2) is 0 Å². The first-order valence-electron chi connectivity index (χ1n) is 3.84. The number of carbonyl (C=O) groups excluding carboxylic acids is 1. The first kappa shape index (κ1) is 9.01. The molecule has 1 rings (SSSR count). The van der Waals surface area contributed by atoms with Crippen molar-refractivity contribution < 1.29 is 9.53 Å². The lowest BCUT2D eigenvalue weighted by Gasteiger charge is -2.33. The second-order valence-corrected chi connectivity index (χ2v) is 3.97. The Hall–Kier alpha value is -0.0800. The van der Waals surface area contributed by atoms with Crippen molar-refractivity contribution in [1.82, 2.24) is 0 Å². The van der Waals surface area contributed by atoms with Crippen LogP contribution in [-0.4, -0.2) is 17.5 Å². The van der Waals surface area contributed by atoms with Gasteiger partial charge in [-0.25, -0.2) is 0 Å². The van der Waals surface area contributed by atoms with Crippen molar-refractivity contribution in [1.29, 1.82) is 0 Å². The van der Waals surface area contributed by atoms with Crippen LogP contribution in [0.3, 0.4) is 0 Å². The minimum atomic E-state index is -0.221. The van der Waals surface area contributed by atoms with Gasteiger partial charge in [-0.2, -0.15) is 0 Å². The Balaban J connectivity index is 2.53. The van der Waals surface area contributed by atoms with Crippen molar-refractivity contribution in [2.75, 3.05) is 6.61 Å². The van der Waals surface area contributed by atoms with Gasteiger partial charge in [0.15, 0.2) is 0 Å². The van der Waals surface area contributed by atoms with Crippen LogP contribution in [0.4, 0.5) is 0 Å². The third-order valence-corrected chi connectivity index (χ3v) is 2.33. The zero-order valence-electron chi connectivity index (χ0n) is 6.89. The van der Waals surface area contributed by atoms with Crippen LogP contribution in [0.2, 0.25) is 0 Å². The van der Waals surface area contributed by atoms with Gasteiger partial charge in [-0.05, 0) is 38.3 Å². The molecule has 1 heterocycles. The van der Waals surface area contributed by atoms with E-state index in [1.165, 1.54) is 0 Å². The molecule has 0 aromatic heterocycles. The molecule has 11 heavy (non-hydrogen) atoms. The smallest absolute Gasteiger partial charge is 0.224 e. The third-order valence-electron chi connectivity index (χ3n) is 2.02. The molecule has 0 aromatic carbocycles. The van der Waals surface area contributed by atoms with Crippen LogP contribution in [0, 0.1) is 5.92 Å². The molecule has 0 radical (unpaired) electrons. The van der Waals surface area contributed by atoms with E-state index in [9.17, 15) is 4.79 Å². The maximum atomic E-state index is 10.8. The lowest BCUT2D eigenvalue weighted by Crippen LogP contribution is -2.35. The summed E-state index contributed by atoms with van der Waals surface area (Å²) in [7, 11) is 0. The van der Waals surface area contributed by atoms with Gasteiger partial charge in [0.05, 0.1) is 5.60 Å². The Kier molecular flexibility index (Phi) is 2.55. The van der Waals surface area contributed by atoms with Crippen molar-refractivity contribution in [3.63, 3.8) is 0 Å². The molecule has 1 unspecified atom stereocenters. The number of rotatable bonds is 1. The maximum Gasteiger partial charge on any atom is 0.224 e. The Morgan fingerprint density at radius 1 is 1.64 bits per heavy atom. The second-order valence-electron chi connectivity index (χ2n) is 3.60. The number of hydrogen-bond donors (Lipinski definition) is 0. The monoisotopic (exact) mass is 176 g/mol. The maximum absolute atomic E-state index is 10.8. The first-order valence-corrected chi connectivity index (χ1v) is 4.22. The molecular formula is C8H13ClO2. The Morgan fingerprint density at radius 2 is 2.27 bits per heavy atom. The summed E-state index contributed by atoms with van der Waals surface area (Å²) in [6.45, 7) is 4.62. The quantitative estimate of drug-likeness (QED) is 0.571. The zero-order chi connectivity index (χ0) is 8.48. The molecule has 3 heteroatoms. The molecule has 64 valence electrons. The van der Waals surface area contributed by atoms with Crippen molar-refractivity contribution in [3.05, 3.63) is 0 Å². The van der Waals surface area contributed by atoms with Crippen molar-refractivity contribution in [3.8, 4) is 0 Å². The average molecular weight is 177 g/mol. The summed E-state index contributed by atoms with van der Waals surface area (Å²) in [6, 6.07) is 0. The van der Waals surface area contributed by atoms with Crippen LogP contribution < -0.4 is 0 Å². The molecular weight excluding hydrogens is 164 g/mol. The molecule has 0 aromatic rings. The van der Waals surface area contributed by atoms with Crippen molar-refractivity contribution in [2.24, 2.45) is 5.92 Å². The number of halogens is 1. The van der Waals surface area contributed by atoms with E-state index in [0.717, 1.165) is 12.8 Å². The SMILES string of the molecule is CC1(C)CC(C(=O)Cl)CCO1. The van der Waals surface area contributed by atoms with Crippen LogP contribution in [0.1, 0.15) is 26.7 Å². The number of ether oxygens (including phenoxy) is 1. The van der Waals surface area contributed by atoms with E-state index in [1.54, 1.807) is 0 Å². The molecule has 0 N–H and O–H groups in total. The van der Waals surface area contributed by atoms with Gasteiger partial charge in [0, 0.05) is 12.5 Å². The fraction of sp³-hybridized carbons (Fsp3) is 0.875. The summed E-state index contributed by atoms with van der Waals surface area (Å²) in [6.07, 6.45) is 1.51. The molecule has 0 aliphatic carbocycles. The summed E-state index contributed by atoms with van der Waals surface area (Å²) in [5, 5.41) is -0.221. The number of carbonyl (C=O) groups is 1. The predicted octanol–water partition coefficient (Wildman–Crippen LogP) is 1.96. The summed E-state index contributed by atoms with van der Waals surface area (Å²) in [5.41, 5.74) is -0.173. The van der Waals surface area contributed by atoms with E-state index in [1.807, 2.05) is 13.8 Å². The molecule has 1 fully saturated rings. The molecule has 0 bridgehead atoms. The molecule has 0 saturated carbocycles. The third kappa shape index (κ3) is 2.46. The summed E-state index contributed by atoms with van der Waals surface area (Å²) in [5.74, 6) is 0.000386. The first-order chi connectivity index (χ1) is 5.01. The minimum Gasteiger partial charge on any atom is -0.376 e.